The fraction of sp³-hybridized carbons (Fsp3) is 0.550. The number of carboxylic acid groups (broad SMARTS) is 1. The molecule has 0 unspecified atom stereocenters. The molecule has 0 saturated heterocycles. The molecule has 0 aliphatic carbocycles. The van der Waals surface area contributed by atoms with Gasteiger partial charge in [-0.15, -0.1) is 0 Å². The first-order valence-corrected chi connectivity index (χ1v) is 8.59. The van der Waals surface area contributed by atoms with Crippen molar-refractivity contribution < 1.29 is 9.90 Å². The van der Waals surface area contributed by atoms with E-state index in [1.54, 1.807) is 0 Å². The minimum atomic E-state index is -0.712. The SMILES string of the molecule is CCCCC/C=C\C/C=C\C/C=C\CC=CCCCC(=O)O. The van der Waals surface area contributed by atoms with Crippen LogP contribution < -0.4 is 0 Å². The summed E-state index contributed by atoms with van der Waals surface area (Å²) in [7, 11) is 0. The first-order chi connectivity index (χ1) is 10.8. The minimum absolute atomic E-state index is 0.262. The lowest BCUT2D eigenvalue weighted by Gasteiger charge is -1.90. The van der Waals surface area contributed by atoms with Crippen molar-refractivity contribution >= 4 is 5.97 Å². The van der Waals surface area contributed by atoms with Gasteiger partial charge in [0, 0.05) is 6.42 Å². The Bertz CT molecular complexity index is 362. The van der Waals surface area contributed by atoms with Gasteiger partial charge < -0.3 is 5.11 Å². The van der Waals surface area contributed by atoms with Gasteiger partial charge in [-0.3, -0.25) is 4.79 Å². The monoisotopic (exact) mass is 304 g/mol. The third kappa shape index (κ3) is 18.4. The standard InChI is InChI=1S/C20H32O2/c1-2-3-4-5-6-7-8-9-10-11-12-13-14-15-16-17-18-19-20(21)22/h6-7,9-10,12-13,15-16H,2-5,8,11,14,17-19H2,1H3,(H,21,22)/b7-6-,10-9-,13-12-,16-15?. The van der Waals surface area contributed by atoms with E-state index in [2.05, 4.69) is 55.5 Å². The van der Waals surface area contributed by atoms with Crippen molar-refractivity contribution in [3.05, 3.63) is 48.6 Å². The molecule has 2 heteroatoms. The van der Waals surface area contributed by atoms with Gasteiger partial charge in [0.2, 0.25) is 0 Å². The molecule has 0 bridgehead atoms. The maximum atomic E-state index is 10.3. The third-order valence-corrected chi connectivity index (χ3v) is 3.22. The van der Waals surface area contributed by atoms with Gasteiger partial charge in [-0.25, -0.2) is 0 Å². The van der Waals surface area contributed by atoms with Gasteiger partial charge in [-0.1, -0.05) is 68.4 Å². The summed E-state index contributed by atoms with van der Waals surface area (Å²) in [5.41, 5.74) is 0. The Hall–Kier alpha value is -1.57. The number of carbonyl (C=O) groups is 1. The van der Waals surface area contributed by atoms with Crippen LogP contribution in [0.15, 0.2) is 48.6 Å². The zero-order valence-electron chi connectivity index (χ0n) is 14.0. The second kappa shape index (κ2) is 17.5. The predicted molar refractivity (Wildman–Crippen MR) is 96.0 cm³/mol. The smallest absolute Gasteiger partial charge is 0.303 e. The second-order valence-electron chi connectivity index (χ2n) is 5.37. The van der Waals surface area contributed by atoms with E-state index in [0.717, 1.165) is 32.1 Å². The summed E-state index contributed by atoms with van der Waals surface area (Å²) in [5, 5.41) is 8.49. The number of carboxylic acids is 1. The van der Waals surface area contributed by atoms with Crippen molar-refractivity contribution in [2.45, 2.75) is 71.1 Å². The fourth-order valence-corrected chi connectivity index (χ4v) is 1.93. The lowest BCUT2D eigenvalue weighted by Crippen LogP contribution is -1.92. The first-order valence-electron chi connectivity index (χ1n) is 8.59. The van der Waals surface area contributed by atoms with E-state index >= 15 is 0 Å². The van der Waals surface area contributed by atoms with Crippen molar-refractivity contribution in [2.24, 2.45) is 0 Å². The molecule has 0 saturated carbocycles. The average molecular weight is 304 g/mol. The normalized spacial score (nSPS) is 12.4. The molecule has 1 N–H and O–H groups in total. The van der Waals surface area contributed by atoms with Gasteiger partial charge >= 0.3 is 5.97 Å². The molecule has 0 aliphatic rings. The van der Waals surface area contributed by atoms with Crippen molar-refractivity contribution in [2.75, 3.05) is 0 Å². The molecule has 0 aromatic rings. The van der Waals surface area contributed by atoms with E-state index in [1.807, 2.05) is 0 Å². The quantitative estimate of drug-likeness (QED) is 0.305. The number of allylic oxidation sites excluding steroid dienone is 8. The summed E-state index contributed by atoms with van der Waals surface area (Å²) < 4.78 is 0. The predicted octanol–water partition coefficient (Wildman–Crippen LogP) is 6.22. The lowest BCUT2D eigenvalue weighted by atomic mass is 10.2. The first kappa shape index (κ1) is 20.4. The highest BCUT2D eigenvalue weighted by molar-refractivity contribution is 5.66. The van der Waals surface area contributed by atoms with Crippen LogP contribution in [0.2, 0.25) is 0 Å². The van der Waals surface area contributed by atoms with Gasteiger partial charge in [0.05, 0.1) is 0 Å². The van der Waals surface area contributed by atoms with E-state index in [9.17, 15) is 4.79 Å². The maximum Gasteiger partial charge on any atom is 0.303 e. The van der Waals surface area contributed by atoms with E-state index < -0.39 is 5.97 Å². The molecule has 0 radical (unpaired) electrons. The number of unbranched alkanes of at least 4 members (excludes halogenated alkanes) is 4. The summed E-state index contributed by atoms with van der Waals surface area (Å²) in [6, 6.07) is 0. The molecule has 0 aromatic carbocycles. The summed E-state index contributed by atoms with van der Waals surface area (Å²) in [6.45, 7) is 2.23. The molecule has 0 aliphatic heterocycles. The van der Waals surface area contributed by atoms with E-state index in [0.29, 0.717) is 0 Å². The molecule has 0 aromatic heterocycles. The second-order valence-corrected chi connectivity index (χ2v) is 5.37. The van der Waals surface area contributed by atoms with Crippen LogP contribution in [0.25, 0.3) is 0 Å². The van der Waals surface area contributed by atoms with Crippen LogP contribution in [0.5, 0.6) is 0 Å². The molecular weight excluding hydrogens is 272 g/mol. The number of hydrogen-bond donors (Lipinski definition) is 1. The Morgan fingerprint density at radius 2 is 1.18 bits per heavy atom. The topological polar surface area (TPSA) is 37.3 Å². The Morgan fingerprint density at radius 3 is 1.64 bits per heavy atom. The highest BCUT2D eigenvalue weighted by Crippen LogP contribution is 2.01. The van der Waals surface area contributed by atoms with Crippen LogP contribution in [0.3, 0.4) is 0 Å². The molecule has 2 nitrogen and oxygen atoms in total. The maximum absolute atomic E-state index is 10.3. The summed E-state index contributed by atoms with van der Waals surface area (Å²) in [5.74, 6) is -0.712. The van der Waals surface area contributed by atoms with Crippen LogP contribution in [0.1, 0.15) is 71.1 Å². The summed E-state index contributed by atoms with van der Waals surface area (Å²) >= 11 is 0. The van der Waals surface area contributed by atoms with Crippen molar-refractivity contribution in [1.29, 1.82) is 0 Å². The van der Waals surface area contributed by atoms with Gasteiger partial charge in [0.1, 0.15) is 0 Å². The van der Waals surface area contributed by atoms with E-state index in [4.69, 9.17) is 5.11 Å². The van der Waals surface area contributed by atoms with Crippen molar-refractivity contribution in [3.8, 4) is 0 Å². The molecule has 0 rings (SSSR count). The molecule has 0 amide bonds. The summed E-state index contributed by atoms with van der Waals surface area (Å²) in [6.07, 6.45) is 27.3. The van der Waals surface area contributed by atoms with Crippen molar-refractivity contribution in [1.82, 2.24) is 0 Å². The van der Waals surface area contributed by atoms with Gasteiger partial charge in [0.15, 0.2) is 0 Å². The number of rotatable bonds is 14. The molecule has 124 valence electrons. The molecule has 0 heterocycles. The highest BCUT2D eigenvalue weighted by Gasteiger charge is 1.92. The van der Waals surface area contributed by atoms with Crippen LogP contribution in [0.4, 0.5) is 0 Å². The lowest BCUT2D eigenvalue weighted by molar-refractivity contribution is -0.137. The molecule has 0 atom stereocenters. The zero-order valence-corrected chi connectivity index (χ0v) is 14.0. The molecule has 0 fully saturated rings. The highest BCUT2D eigenvalue weighted by atomic mass is 16.4. The Kier molecular flexibility index (Phi) is 16.2. The molecule has 22 heavy (non-hydrogen) atoms. The van der Waals surface area contributed by atoms with Crippen molar-refractivity contribution in [3.63, 3.8) is 0 Å². The Labute approximate surface area is 136 Å². The van der Waals surface area contributed by atoms with Gasteiger partial charge in [0.25, 0.3) is 0 Å². The Morgan fingerprint density at radius 1 is 0.727 bits per heavy atom. The van der Waals surface area contributed by atoms with Crippen LogP contribution in [-0.2, 0) is 4.79 Å². The number of aliphatic carboxylic acids is 1. The third-order valence-electron chi connectivity index (χ3n) is 3.22. The molecular formula is C20H32O2. The Balaban J connectivity index is 3.40. The average Bonchev–Trinajstić information content (AvgIpc) is 2.50. The minimum Gasteiger partial charge on any atom is -0.481 e. The largest absolute Gasteiger partial charge is 0.481 e. The van der Waals surface area contributed by atoms with E-state index in [1.165, 1.54) is 25.7 Å². The molecule has 0 spiro atoms. The zero-order chi connectivity index (χ0) is 16.3. The van der Waals surface area contributed by atoms with Gasteiger partial charge in [-0.2, -0.15) is 0 Å². The van der Waals surface area contributed by atoms with Gasteiger partial charge in [-0.05, 0) is 44.9 Å². The van der Waals surface area contributed by atoms with Crippen LogP contribution in [0, 0.1) is 0 Å². The van der Waals surface area contributed by atoms with E-state index in [-0.39, 0.29) is 6.42 Å². The fourth-order valence-electron chi connectivity index (χ4n) is 1.93. The van der Waals surface area contributed by atoms with Crippen LogP contribution >= 0.6 is 0 Å². The summed E-state index contributed by atoms with van der Waals surface area (Å²) in [4.78, 5) is 10.3. The number of hydrogen-bond acceptors (Lipinski definition) is 1. The van der Waals surface area contributed by atoms with Crippen LogP contribution in [-0.4, -0.2) is 11.1 Å².